The lowest BCUT2D eigenvalue weighted by atomic mass is 10.1. The fourth-order valence-corrected chi connectivity index (χ4v) is 1.91. The highest BCUT2D eigenvalue weighted by Gasteiger charge is 2.08. The van der Waals surface area contributed by atoms with Crippen molar-refractivity contribution in [3.63, 3.8) is 0 Å². The third kappa shape index (κ3) is 3.14. The van der Waals surface area contributed by atoms with Gasteiger partial charge in [0.05, 0.1) is 11.1 Å². The molecule has 106 valence electrons. The standard InChI is InChI=1S/C14H18N4O2/c1-10(2)17-9-12(8-16-17)7-15-14-5-4-13(18(19)20)6-11(14)3/h4-6,8-10,15H,7H2,1-3H3. The molecule has 0 unspecified atom stereocenters. The Labute approximate surface area is 117 Å². The van der Waals surface area contributed by atoms with E-state index in [1.54, 1.807) is 12.1 Å². The monoisotopic (exact) mass is 274 g/mol. The second-order valence-corrected chi connectivity index (χ2v) is 5.03. The van der Waals surface area contributed by atoms with Crippen molar-refractivity contribution in [1.29, 1.82) is 0 Å². The van der Waals surface area contributed by atoms with Gasteiger partial charge in [0.15, 0.2) is 0 Å². The summed E-state index contributed by atoms with van der Waals surface area (Å²) in [5.74, 6) is 0. The molecule has 0 bridgehead atoms. The number of aromatic nitrogens is 2. The molecule has 20 heavy (non-hydrogen) atoms. The number of anilines is 1. The van der Waals surface area contributed by atoms with Crippen molar-refractivity contribution < 1.29 is 4.92 Å². The number of aryl methyl sites for hydroxylation is 1. The normalized spacial score (nSPS) is 10.8. The summed E-state index contributed by atoms with van der Waals surface area (Å²) in [5, 5.41) is 18.2. The van der Waals surface area contributed by atoms with Crippen molar-refractivity contribution in [3.8, 4) is 0 Å². The SMILES string of the molecule is Cc1cc([N+](=O)[O-])ccc1NCc1cnn(C(C)C)c1. The summed E-state index contributed by atoms with van der Waals surface area (Å²) < 4.78 is 1.90. The van der Waals surface area contributed by atoms with Crippen LogP contribution in [0.15, 0.2) is 30.6 Å². The lowest BCUT2D eigenvalue weighted by Gasteiger charge is -2.08. The van der Waals surface area contributed by atoms with Crippen LogP contribution in [0.25, 0.3) is 0 Å². The molecule has 0 aliphatic carbocycles. The number of non-ortho nitro benzene ring substituents is 1. The molecule has 0 radical (unpaired) electrons. The largest absolute Gasteiger partial charge is 0.381 e. The number of nitro groups is 1. The second-order valence-electron chi connectivity index (χ2n) is 5.03. The second kappa shape index (κ2) is 5.73. The van der Waals surface area contributed by atoms with Crippen LogP contribution < -0.4 is 5.32 Å². The van der Waals surface area contributed by atoms with Gasteiger partial charge < -0.3 is 5.32 Å². The van der Waals surface area contributed by atoms with Gasteiger partial charge in [0.1, 0.15) is 0 Å². The Kier molecular flexibility index (Phi) is 4.02. The number of hydrogen-bond acceptors (Lipinski definition) is 4. The molecule has 2 aromatic rings. The molecule has 0 spiro atoms. The third-order valence-electron chi connectivity index (χ3n) is 3.09. The van der Waals surface area contributed by atoms with E-state index in [-0.39, 0.29) is 10.6 Å². The van der Waals surface area contributed by atoms with Crippen LogP contribution in [0.5, 0.6) is 0 Å². The zero-order valence-electron chi connectivity index (χ0n) is 11.8. The van der Waals surface area contributed by atoms with Crippen LogP contribution in [0.4, 0.5) is 11.4 Å². The summed E-state index contributed by atoms with van der Waals surface area (Å²) >= 11 is 0. The van der Waals surface area contributed by atoms with Crippen molar-refractivity contribution in [2.45, 2.75) is 33.4 Å². The molecule has 0 amide bonds. The molecule has 0 aliphatic rings. The molecule has 0 saturated heterocycles. The summed E-state index contributed by atoms with van der Waals surface area (Å²) in [5.41, 5.74) is 2.94. The van der Waals surface area contributed by atoms with Gasteiger partial charge >= 0.3 is 0 Å². The zero-order valence-corrected chi connectivity index (χ0v) is 11.8. The van der Waals surface area contributed by atoms with Gasteiger partial charge in [-0.1, -0.05) is 0 Å². The third-order valence-corrected chi connectivity index (χ3v) is 3.09. The van der Waals surface area contributed by atoms with Gasteiger partial charge in [0.2, 0.25) is 0 Å². The van der Waals surface area contributed by atoms with Gasteiger partial charge in [-0.3, -0.25) is 14.8 Å². The van der Waals surface area contributed by atoms with Crippen LogP contribution in [0.1, 0.15) is 31.0 Å². The van der Waals surface area contributed by atoms with E-state index in [4.69, 9.17) is 0 Å². The van der Waals surface area contributed by atoms with Crippen molar-refractivity contribution in [2.75, 3.05) is 5.32 Å². The molecule has 1 N–H and O–H groups in total. The number of rotatable bonds is 5. The first-order chi connectivity index (χ1) is 9.47. The maximum absolute atomic E-state index is 10.7. The van der Waals surface area contributed by atoms with Crippen LogP contribution >= 0.6 is 0 Å². The highest BCUT2D eigenvalue weighted by atomic mass is 16.6. The summed E-state index contributed by atoms with van der Waals surface area (Å²) in [4.78, 5) is 10.3. The first-order valence-corrected chi connectivity index (χ1v) is 6.49. The van der Waals surface area contributed by atoms with Crippen LogP contribution in [0.3, 0.4) is 0 Å². The predicted octanol–water partition coefficient (Wildman–Crippen LogP) is 3.29. The number of benzene rings is 1. The van der Waals surface area contributed by atoms with E-state index in [2.05, 4.69) is 24.3 Å². The van der Waals surface area contributed by atoms with Gasteiger partial charge in [-0.2, -0.15) is 5.10 Å². The average molecular weight is 274 g/mol. The Morgan fingerprint density at radius 3 is 2.75 bits per heavy atom. The Morgan fingerprint density at radius 1 is 1.45 bits per heavy atom. The smallest absolute Gasteiger partial charge is 0.269 e. The minimum absolute atomic E-state index is 0.112. The van der Waals surface area contributed by atoms with Crippen LogP contribution in [0.2, 0.25) is 0 Å². The molecule has 0 atom stereocenters. The quantitative estimate of drug-likeness (QED) is 0.670. The lowest BCUT2D eigenvalue weighted by molar-refractivity contribution is -0.384. The highest BCUT2D eigenvalue weighted by molar-refractivity contribution is 5.55. The van der Waals surface area contributed by atoms with Gasteiger partial charge in [0, 0.05) is 42.2 Å². The molecule has 0 fully saturated rings. The fraction of sp³-hybridized carbons (Fsp3) is 0.357. The predicted molar refractivity (Wildman–Crippen MR) is 77.8 cm³/mol. The number of nitrogens with one attached hydrogen (secondary N) is 1. The van der Waals surface area contributed by atoms with Crippen molar-refractivity contribution in [3.05, 3.63) is 51.8 Å². The van der Waals surface area contributed by atoms with E-state index in [0.29, 0.717) is 12.6 Å². The first kappa shape index (κ1) is 14.0. The number of hydrogen-bond donors (Lipinski definition) is 1. The fourth-order valence-electron chi connectivity index (χ4n) is 1.91. The highest BCUT2D eigenvalue weighted by Crippen LogP contribution is 2.21. The van der Waals surface area contributed by atoms with Crippen LogP contribution in [-0.4, -0.2) is 14.7 Å². The summed E-state index contributed by atoms with van der Waals surface area (Å²) in [7, 11) is 0. The first-order valence-electron chi connectivity index (χ1n) is 6.49. The van der Waals surface area contributed by atoms with E-state index >= 15 is 0 Å². The van der Waals surface area contributed by atoms with Crippen LogP contribution in [0, 0.1) is 17.0 Å². The Bertz CT molecular complexity index is 619. The maximum Gasteiger partial charge on any atom is 0.269 e. The van der Waals surface area contributed by atoms with Gasteiger partial charge in [-0.25, -0.2) is 0 Å². The molecule has 0 aliphatic heterocycles. The van der Waals surface area contributed by atoms with E-state index in [1.165, 1.54) is 6.07 Å². The molecule has 1 aromatic heterocycles. The van der Waals surface area contributed by atoms with Gasteiger partial charge in [-0.15, -0.1) is 0 Å². The number of nitro benzene ring substituents is 1. The summed E-state index contributed by atoms with van der Waals surface area (Å²) in [6.07, 6.45) is 3.83. The molecule has 2 rings (SSSR count). The van der Waals surface area contributed by atoms with E-state index < -0.39 is 0 Å². The van der Waals surface area contributed by atoms with Gasteiger partial charge in [0.25, 0.3) is 5.69 Å². The van der Waals surface area contributed by atoms with Gasteiger partial charge in [-0.05, 0) is 32.4 Å². The topological polar surface area (TPSA) is 73.0 Å². The molecule has 6 heteroatoms. The Morgan fingerprint density at radius 2 is 2.20 bits per heavy atom. The van der Waals surface area contributed by atoms with Crippen LogP contribution in [-0.2, 0) is 6.54 Å². The molecular formula is C14H18N4O2. The molecule has 1 heterocycles. The molecule has 0 saturated carbocycles. The lowest BCUT2D eigenvalue weighted by Crippen LogP contribution is -2.02. The molecule has 1 aromatic carbocycles. The molecule has 6 nitrogen and oxygen atoms in total. The summed E-state index contributed by atoms with van der Waals surface area (Å²) in [6.45, 7) is 6.65. The van der Waals surface area contributed by atoms with E-state index in [9.17, 15) is 10.1 Å². The number of nitrogens with zero attached hydrogens (tertiary/aromatic N) is 3. The molecular weight excluding hydrogens is 256 g/mol. The minimum atomic E-state index is -0.385. The van der Waals surface area contributed by atoms with E-state index in [0.717, 1.165) is 16.8 Å². The summed E-state index contributed by atoms with van der Waals surface area (Å²) in [6, 6.07) is 5.15. The Balaban J connectivity index is 2.05. The van der Waals surface area contributed by atoms with E-state index in [1.807, 2.05) is 24.0 Å². The van der Waals surface area contributed by atoms with Crippen molar-refractivity contribution in [2.24, 2.45) is 0 Å². The van der Waals surface area contributed by atoms with Crippen molar-refractivity contribution >= 4 is 11.4 Å². The average Bonchev–Trinajstić information content (AvgIpc) is 2.86. The maximum atomic E-state index is 10.7. The van der Waals surface area contributed by atoms with Crippen molar-refractivity contribution in [1.82, 2.24) is 9.78 Å². The Hall–Kier alpha value is -2.37. The zero-order chi connectivity index (χ0) is 14.7. The minimum Gasteiger partial charge on any atom is -0.381 e.